The minimum Gasteiger partial charge on any atom is -0.497 e. The van der Waals surface area contributed by atoms with Gasteiger partial charge in [0.05, 0.1) is 13.7 Å². The molecule has 2 fully saturated rings. The summed E-state index contributed by atoms with van der Waals surface area (Å²) in [6.45, 7) is 7.07. The number of benzene rings is 1. The maximum Gasteiger partial charge on any atom is 0.264 e. The second-order valence-corrected chi connectivity index (χ2v) is 9.41. The molecule has 5 rings (SSSR count). The van der Waals surface area contributed by atoms with E-state index in [0.29, 0.717) is 50.5 Å². The van der Waals surface area contributed by atoms with Gasteiger partial charge >= 0.3 is 0 Å². The highest BCUT2D eigenvalue weighted by molar-refractivity contribution is 6.01. The highest BCUT2D eigenvalue weighted by Crippen LogP contribution is 2.38. The molecule has 9 heteroatoms. The Hall–Kier alpha value is -3.90. The van der Waals surface area contributed by atoms with Gasteiger partial charge in [-0.1, -0.05) is 5.16 Å². The Bertz CT molecular complexity index is 1320. The molecule has 36 heavy (non-hydrogen) atoms. The van der Waals surface area contributed by atoms with E-state index in [2.05, 4.69) is 45.6 Å². The van der Waals surface area contributed by atoms with Crippen LogP contribution in [0.25, 0.3) is 17.5 Å². The molecule has 1 saturated heterocycles. The van der Waals surface area contributed by atoms with Crippen molar-refractivity contribution in [2.75, 3.05) is 33.3 Å². The van der Waals surface area contributed by atoms with Gasteiger partial charge in [-0.25, -0.2) is 0 Å². The normalized spacial score (nSPS) is 16.7. The molecule has 3 aromatic rings. The van der Waals surface area contributed by atoms with E-state index in [1.807, 2.05) is 24.3 Å². The van der Waals surface area contributed by atoms with E-state index in [0.717, 1.165) is 22.6 Å². The number of nitrogens with zero attached hydrogens (tertiary/aromatic N) is 6. The van der Waals surface area contributed by atoms with Crippen molar-refractivity contribution in [2.45, 2.75) is 39.3 Å². The Morgan fingerprint density at radius 2 is 1.92 bits per heavy atom. The fourth-order valence-corrected chi connectivity index (χ4v) is 4.79. The first-order valence-electron chi connectivity index (χ1n) is 12.3. The lowest BCUT2D eigenvalue weighted by Gasteiger charge is -2.33. The molecule has 1 saturated carbocycles. The maximum absolute atomic E-state index is 13.1. The first kappa shape index (κ1) is 23.8. The number of hydrogen-bond acceptors (Lipinski definition) is 7. The first-order valence-corrected chi connectivity index (χ1v) is 12.3. The lowest BCUT2D eigenvalue weighted by molar-refractivity contribution is -0.128. The Morgan fingerprint density at radius 1 is 1.19 bits per heavy atom. The summed E-state index contributed by atoms with van der Waals surface area (Å²) in [7, 11) is 1.63. The van der Waals surface area contributed by atoms with Crippen molar-refractivity contribution in [3.8, 4) is 23.2 Å². The Kier molecular flexibility index (Phi) is 6.61. The second kappa shape index (κ2) is 9.99. The highest BCUT2D eigenvalue weighted by atomic mass is 16.5. The van der Waals surface area contributed by atoms with Crippen LogP contribution in [0.15, 0.2) is 40.4 Å². The second-order valence-electron chi connectivity index (χ2n) is 9.41. The molecule has 2 aliphatic rings. The summed E-state index contributed by atoms with van der Waals surface area (Å²) in [6.07, 6.45) is 4.13. The van der Waals surface area contributed by atoms with Gasteiger partial charge in [0.2, 0.25) is 11.7 Å². The number of carbonyl (C=O) groups is 1. The van der Waals surface area contributed by atoms with Crippen LogP contribution in [-0.2, 0) is 11.3 Å². The number of amides is 1. The molecule has 0 spiro atoms. The zero-order chi connectivity index (χ0) is 25.2. The molecule has 0 N–H and O–H groups in total. The summed E-state index contributed by atoms with van der Waals surface area (Å²) in [5.41, 5.74) is 4.28. The topological polar surface area (TPSA) is 100 Å². The average molecular weight is 487 g/mol. The van der Waals surface area contributed by atoms with Crippen molar-refractivity contribution in [1.29, 1.82) is 5.26 Å². The fraction of sp³-hybridized carbons (Fsp3) is 0.407. The Morgan fingerprint density at radius 3 is 2.56 bits per heavy atom. The fourth-order valence-electron chi connectivity index (χ4n) is 4.79. The van der Waals surface area contributed by atoms with Gasteiger partial charge in [-0.3, -0.25) is 9.69 Å². The van der Waals surface area contributed by atoms with Crippen molar-refractivity contribution in [2.24, 2.45) is 0 Å². The van der Waals surface area contributed by atoms with Crippen molar-refractivity contribution in [3.05, 3.63) is 58.7 Å². The largest absolute Gasteiger partial charge is 0.497 e. The van der Waals surface area contributed by atoms with E-state index in [1.54, 1.807) is 18.1 Å². The van der Waals surface area contributed by atoms with Gasteiger partial charge < -0.3 is 18.7 Å². The predicted molar refractivity (Wildman–Crippen MR) is 134 cm³/mol. The minimum absolute atomic E-state index is 0.181. The molecular weight excluding hydrogens is 456 g/mol. The molecule has 0 radical (unpaired) electrons. The Labute approximate surface area is 210 Å². The summed E-state index contributed by atoms with van der Waals surface area (Å²) in [5, 5.41) is 13.8. The van der Waals surface area contributed by atoms with Crippen LogP contribution >= 0.6 is 0 Å². The standard InChI is InChI=1S/C27H30N6O3/c1-18-14-21(19(2)33(18)23-6-7-23)15-22(16-28)27(34)32-12-10-31(11-13-32)17-25-29-26(30-36-25)20-4-8-24(35-3)9-5-20/h4-5,8-9,14-15,23H,6-7,10-13,17H2,1-3H3/b22-15+. The van der Waals surface area contributed by atoms with Crippen LogP contribution in [0.4, 0.5) is 0 Å². The average Bonchev–Trinajstić information content (AvgIpc) is 3.55. The van der Waals surface area contributed by atoms with Gasteiger partial charge in [0, 0.05) is 49.2 Å². The molecule has 0 atom stereocenters. The molecule has 9 nitrogen and oxygen atoms in total. The summed E-state index contributed by atoms with van der Waals surface area (Å²) >= 11 is 0. The van der Waals surface area contributed by atoms with E-state index in [9.17, 15) is 10.1 Å². The third kappa shape index (κ3) is 4.90. The number of carbonyl (C=O) groups excluding carboxylic acids is 1. The van der Waals surface area contributed by atoms with E-state index in [1.165, 1.54) is 18.5 Å². The molecule has 1 aliphatic heterocycles. The number of hydrogen-bond donors (Lipinski definition) is 0. The molecular formula is C27H30N6O3. The summed E-state index contributed by atoms with van der Waals surface area (Å²) in [6, 6.07) is 12.3. The van der Waals surface area contributed by atoms with Gasteiger partial charge in [-0.2, -0.15) is 10.2 Å². The number of methoxy groups -OCH3 is 1. The van der Waals surface area contributed by atoms with E-state index < -0.39 is 0 Å². The summed E-state index contributed by atoms with van der Waals surface area (Å²) in [4.78, 5) is 21.6. The monoisotopic (exact) mass is 486 g/mol. The van der Waals surface area contributed by atoms with Crippen LogP contribution in [0.2, 0.25) is 0 Å². The smallest absolute Gasteiger partial charge is 0.264 e. The van der Waals surface area contributed by atoms with E-state index in [-0.39, 0.29) is 11.5 Å². The van der Waals surface area contributed by atoms with E-state index >= 15 is 0 Å². The van der Waals surface area contributed by atoms with Crippen molar-refractivity contribution in [1.82, 2.24) is 24.5 Å². The molecule has 3 heterocycles. The van der Waals surface area contributed by atoms with Crippen LogP contribution in [0, 0.1) is 25.2 Å². The zero-order valence-electron chi connectivity index (χ0n) is 20.9. The zero-order valence-corrected chi connectivity index (χ0v) is 20.9. The SMILES string of the molecule is COc1ccc(-c2noc(CN3CCN(C(=O)/C(C#N)=C/c4cc(C)n(C5CC5)c4C)CC3)n2)cc1. The predicted octanol–water partition coefficient (Wildman–Crippen LogP) is 3.75. The van der Waals surface area contributed by atoms with Crippen LogP contribution in [0.5, 0.6) is 5.75 Å². The van der Waals surface area contributed by atoms with Gasteiger partial charge in [0.1, 0.15) is 17.4 Å². The van der Waals surface area contributed by atoms with Crippen LogP contribution in [0.3, 0.4) is 0 Å². The maximum atomic E-state index is 13.1. The highest BCUT2D eigenvalue weighted by Gasteiger charge is 2.28. The van der Waals surface area contributed by atoms with Crippen molar-refractivity contribution >= 4 is 12.0 Å². The molecule has 0 unspecified atom stereocenters. The Balaban J connectivity index is 1.19. The molecule has 1 aliphatic carbocycles. The quantitative estimate of drug-likeness (QED) is 0.370. The van der Waals surface area contributed by atoms with Gasteiger partial charge in [-0.05, 0) is 68.7 Å². The third-order valence-corrected chi connectivity index (χ3v) is 6.92. The molecule has 0 bridgehead atoms. The number of nitriles is 1. The number of ether oxygens (including phenoxy) is 1. The molecule has 2 aromatic heterocycles. The van der Waals surface area contributed by atoms with Crippen LogP contribution in [0.1, 0.15) is 41.7 Å². The lowest BCUT2D eigenvalue weighted by Crippen LogP contribution is -2.48. The summed E-state index contributed by atoms with van der Waals surface area (Å²) < 4.78 is 13.0. The van der Waals surface area contributed by atoms with Gasteiger partial charge in [0.15, 0.2) is 0 Å². The van der Waals surface area contributed by atoms with Crippen molar-refractivity contribution in [3.63, 3.8) is 0 Å². The molecule has 1 amide bonds. The van der Waals surface area contributed by atoms with E-state index in [4.69, 9.17) is 9.26 Å². The number of rotatable bonds is 7. The number of piperazine rings is 1. The van der Waals surface area contributed by atoms with Gasteiger partial charge in [0.25, 0.3) is 5.91 Å². The molecule has 186 valence electrons. The third-order valence-electron chi connectivity index (χ3n) is 6.92. The number of aromatic nitrogens is 3. The van der Waals surface area contributed by atoms with Crippen LogP contribution in [-0.4, -0.2) is 63.7 Å². The molecule has 1 aromatic carbocycles. The van der Waals surface area contributed by atoms with Crippen LogP contribution < -0.4 is 4.74 Å². The van der Waals surface area contributed by atoms with Crippen molar-refractivity contribution < 1.29 is 14.1 Å². The lowest BCUT2D eigenvalue weighted by atomic mass is 10.1. The number of aryl methyl sites for hydroxylation is 1. The minimum atomic E-state index is -0.215. The van der Waals surface area contributed by atoms with Gasteiger partial charge in [-0.15, -0.1) is 0 Å². The first-order chi connectivity index (χ1) is 17.5. The summed E-state index contributed by atoms with van der Waals surface area (Å²) in [5.74, 6) is 1.62.